The van der Waals surface area contributed by atoms with Gasteiger partial charge >= 0.3 is 0 Å². The Morgan fingerprint density at radius 1 is 0.241 bits per heavy atom. The van der Waals surface area contributed by atoms with Gasteiger partial charge in [-0.25, -0.2) is 0 Å². The summed E-state index contributed by atoms with van der Waals surface area (Å²) in [7, 11) is 0. The Hall–Kier alpha value is -7.82. The van der Waals surface area contributed by atoms with Gasteiger partial charge in [-0.15, -0.1) is 0 Å². The molecule has 270 valence electrons. The van der Waals surface area contributed by atoms with Gasteiger partial charge in [0.05, 0.1) is 33.1 Å². The zero-order valence-electron chi connectivity index (χ0n) is 31.3. The Kier molecular flexibility index (Phi) is 6.41. The Morgan fingerprint density at radius 3 is 1.41 bits per heavy atom. The first-order valence-corrected chi connectivity index (χ1v) is 19.8. The number of benzene rings is 9. The van der Waals surface area contributed by atoms with Gasteiger partial charge in [-0.1, -0.05) is 109 Å². The van der Waals surface area contributed by atoms with Gasteiger partial charge in [0.15, 0.2) is 0 Å². The molecule has 13 aromatic rings. The predicted octanol–water partition coefficient (Wildman–Crippen LogP) is 14.5. The van der Waals surface area contributed by atoms with Gasteiger partial charge < -0.3 is 18.1 Å². The summed E-state index contributed by atoms with van der Waals surface area (Å²) in [6, 6.07) is 72.7. The van der Waals surface area contributed by atoms with Crippen molar-refractivity contribution in [2.24, 2.45) is 0 Å². The summed E-state index contributed by atoms with van der Waals surface area (Å²) in [6.45, 7) is 0. The third-order valence-corrected chi connectivity index (χ3v) is 12.2. The highest BCUT2D eigenvalue weighted by Crippen LogP contribution is 2.43. The average molecular weight is 740 g/mol. The fourth-order valence-electron chi connectivity index (χ4n) is 9.66. The summed E-state index contributed by atoms with van der Waals surface area (Å²) in [4.78, 5) is 0. The molecule has 58 heavy (non-hydrogen) atoms. The van der Waals surface area contributed by atoms with E-state index in [2.05, 4.69) is 208 Å². The molecule has 0 saturated carbocycles. The van der Waals surface area contributed by atoms with Crippen molar-refractivity contribution < 1.29 is 4.42 Å². The summed E-state index contributed by atoms with van der Waals surface area (Å²) in [5, 5.41) is 9.57. The predicted molar refractivity (Wildman–Crippen MR) is 242 cm³/mol. The van der Waals surface area contributed by atoms with Gasteiger partial charge in [-0.05, 0) is 102 Å². The van der Waals surface area contributed by atoms with Crippen molar-refractivity contribution in [2.75, 3.05) is 0 Å². The molecule has 0 aliphatic heterocycles. The maximum Gasteiger partial charge on any atom is 0.135 e. The highest BCUT2D eigenvalue weighted by Gasteiger charge is 2.21. The molecule has 0 atom stereocenters. The first-order chi connectivity index (χ1) is 28.8. The van der Waals surface area contributed by atoms with E-state index in [-0.39, 0.29) is 0 Å². The minimum atomic E-state index is 0.890. The minimum Gasteiger partial charge on any atom is -0.456 e. The highest BCUT2D eigenvalue weighted by molar-refractivity contribution is 6.20. The molecule has 9 aromatic carbocycles. The zero-order chi connectivity index (χ0) is 37.9. The lowest BCUT2D eigenvalue weighted by atomic mass is 10.0. The SMILES string of the molecule is c1ccc(-c2ccc3c(c2)c2cc4c(cc2n3-c2ccccc2)c2cc(-n3c5ccccc5c5ccccc53)ccc2n4-c2ccc3oc4ccccc4c3c2)cc1. The topological polar surface area (TPSA) is 27.9 Å². The second-order valence-electron chi connectivity index (χ2n) is 15.3. The molecule has 0 saturated heterocycles. The summed E-state index contributed by atoms with van der Waals surface area (Å²) in [5.74, 6) is 0. The molecule has 0 aliphatic rings. The van der Waals surface area contributed by atoms with E-state index in [0.717, 1.165) is 50.0 Å². The van der Waals surface area contributed by atoms with Gasteiger partial charge in [0.2, 0.25) is 0 Å². The van der Waals surface area contributed by atoms with Crippen LogP contribution in [0.15, 0.2) is 205 Å². The van der Waals surface area contributed by atoms with Gasteiger partial charge in [-0.3, -0.25) is 0 Å². The quantitative estimate of drug-likeness (QED) is 0.177. The lowest BCUT2D eigenvalue weighted by Gasteiger charge is -2.10. The van der Waals surface area contributed by atoms with E-state index in [4.69, 9.17) is 4.42 Å². The first kappa shape index (κ1) is 31.4. The standard InChI is InChI=1S/C54H33N3O/c1-3-13-34(14-4-1)35-23-26-49-42(29-35)44-32-52-45(33-51(44)55(49)36-15-5-2-6-16-36)43-30-37(56-47-20-10-7-17-39(47)40-18-8-11-21-48(40)56)24-27-50(43)57(52)38-25-28-54-46(31-38)41-19-9-12-22-53(41)58-54/h1-33H. The second kappa shape index (κ2) is 11.8. The van der Waals surface area contributed by atoms with E-state index < -0.39 is 0 Å². The number of nitrogens with zero attached hydrogens (tertiary/aromatic N) is 3. The van der Waals surface area contributed by atoms with Crippen molar-refractivity contribution in [2.45, 2.75) is 0 Å². The summed E-state index contributed by atoms with van der Waals surface area (Å²) >= 11 is 0. The molecule has 0 radical (unpaired) electrons. The van der Waals surface area contributed by atoms with Crippen LogP contribution in [-0.4, -0.2) is 13.7 Å². The fraction of sp³-hybridized carbons (Fsp3) is 0. The van der Waals surface area contributed by atoms with E-state index in [1.807, 2.05) is 6.07 Å². The van der Waals surface area contributed by atoms with Crippen LogP contribution in [0.4, 0.5) is 0 Å². The number of para-hydroxylation sites is 4. The van der Waals surface area contributed by atoms with Gasteiger partial charge in [-0.2, -0.15) is 0 Å². The molecule has 4 nitrogen and oxygen atoms in total. The smallest absolute Gasteiger partial charge is 0.135 e. The van der Waals surface area contributed by atoms with Gasteiger partial charge in [0.25, 0.3) is 0 Å². The van der Waals surface area contributed by atoms with Gasteiger partial charge in [0, 0.05) is 60.2 Å². The van der Waals surface area contributed by atoms with Crippen molar-refractivity contribution in [1.29, 1.82) is 0 Å². The lowest BCUT2D eigenvalue weighted by molar-refractivity contribution is 0.669. The molecule has 4 aromatic heterocycles. The highest BCUT2D eigenvalue weighted by atomic mass is 16.3. The number of aromatic nitrogens is 3. The third kappa shape index (κ3) is 4.40. The van der Waals surface area contributed by atoms with Crippen LogP contribution in [0.2, 0.25) is 0 Å². The molecule has 0 unspecified atom stereocenters. The largest absolute Gasteiger partial charge is 0.456 e. The molecular formula is C54H33N3O. The number of fused-ring (bicyclic) bond motifs is 12. The normalized spacial score (nSPS) is 12.1. The number of hydrogen-bond acceptors (Lipinski definition) is 1. The van der Waals surface area contributed by atoms with Crippen LogP contribution in [0, 0.1) is 0 Å². The van der Waals surface area contributed by atoms with E-state index >= 15 is 0 Å². The van der Waals surface area contributed by atoms with Crippen molar-refractivity contribution in [3.63, 3.8) is 0 Å². The van der Waals surface area contributed by atoms with Crippen LogP contribution in [-0.2, 0) is 0 Å². The van der Waals surface area contributed by atoms with Crippen LogP contribution in [0.5, 0.6) is 0 Å². The lowest BCUT2D eigenvalue weighted by Crippen LogP contribution is -1.96. The van der Waals surface area contributed by atoms with Crippen LogP contribution >= 0.6 is 0 Å². The monoisotopic (exact) mass is 739 g/mol. The molecule has 0 aliphatic carbocycles. The Morgan fingerprint density at radius 2 is 0.707 bits per heavy atom. The van der Waals surface area contributed by atoms with Crippen LogP contribution in [0.25, 0.3) is 116 Å². The van der Waals surface area contributed by atoms with Crippen molar-refractivity contribution in [1.82, 2.24) is 13.7 Å². The second-order valence-corrected chi connectivity index (χ2v) is 15.3. The molecule has 13 rings (SSSR count). The Labute approximate surface area is 332 Å². The average Bonchev–Trinajstić information content (AvgIpc) is 4.02. The summed E-state index contributed by atoms with van der Waals surface area (Å²) < 4.78 is 13.6. The van der Waals surface area contributed by atoms with Crippen molar-refractivity contribution in [3.8, 4) is 28.2 Å². The van der Waals surface area contributed by atoms with Crippen LogP contribution in [0.1, 0.15) is 0 Å². The molecule has 0 N–H and O–H groups in total. The fourth-order valence-corrected chi connectivity index (χ4v) is 9.66. The molecule has 4 heterocycles. The molecule has 0 amide bonds. The Bertz CT molecular complexity index is 3730. The minimum absolute atomic E-state index is 0.890. The number of hydrogen-bond donors (Lipinski definition) is 0. The number of rotatable bonds is 4. The Balaban J connectivity index is 1.17. The van der Waals surface area contributed by atoms with Crippen LogP contribution < -0.4 is 0 Å². The molecule has 0 spiro atoms. The van der Waals surface area contributed by atoms with E-state index in [0.29, 0.717) is 0 Å². The summed E-state index contributed by atoms with van der Waals surface area (Å²) in [5.41, 5.74) is 14.6. The van der Waals surface area contributed by atoms with E-state index in [9.17, 15) is 0 Å². The van der Waals surface area contributed by atoms with Gasteiger partial charge in [0.1, 0.15) is 11.2 Å². The summed E-state index contributed by atoms with van der Waals surface area (Å²) in [6.07, 6.45) is 0. The van der Waals surface area contributed by atoms with Crippen LogP contribution in [0.3, 0.4) is 0 Å². The van der Waals surface area contributed by atoms with Crippen molar-refractivity contribution in [3.05, 3.63) is 200 Å². The molecule has 4 heteroatoms. The first-order valence-electron chi connectivity index (χ1n) is 19.8. The zero-order valence-corrected chi connectivity index (χ0v) is 31.3. The maximum absolute atomic E-state index is 6.31. The van der Waals surface area contributed by atoms with E-state index in [1.54, 1.807) is 0 Å². The molecule has 0 bridgehead atoms. The molecule has 0 fully saturated rings. The van der Waals surface area contributed by atoms with E-state index in [1.165, 1.54) is 65.5 Å². The van der Waals surface area contributed by atoms with Crippen molar-refractivity contribution >= 4 is 87.4 Å². The maximum atomic E-state index is 6.31. The third-order valence-electron chi connectivity index (χ3n) is 12.2. The molecular weight excluding hydrogens is 707 g/mol. The number of furan rings is 1.